The Morgan fingerprint density at radius 1 is 1.20 bits per heavy atom. The van der Waals surface area contributed by atoms with Crippen molar-refractivity contribution in [2.24, 2.45) is 10.8 Å². The third-order valence-corrected chi connectivity index (χ3v) is 10.3. The molecule has 0 radical (unpaired) electrons. The van der Waals surface area contributed by atoms with Gasteiger partial charge in [-0.3, -0.25) is 4.79 Å². The van der Waals surface area contributed by atoms with E-state index in [0.717, 1.165) is 104 Å². The lowest BCUT2D eigenvalue weighted by atomic mass is 9.73. The SMILES string of the molecule is Cc1ccc2c(cnn2C2CCCCO2)c1-c1c(C#N)c(N2CCC3(CN(C(=O)/C=C/CO)C3)C2)nc2c1CCC(C)(C)C2. The number of pyridine rings is 1. The molecule has 1 aliphatic carbocycles. The van der Waals surface area contributed by atoms with Gasteiger partial charge in [0.1, 0.15) is 17.5 Å². The molecule has 9 heteroatoms. The van der Waals surface area contributed by atoms with E-state index in [1.54, 1.807) is 0 Å². The van der Waals surface area contributed by atoms with Crippen LogP contribution in [-0.2, 0) is 22.4 Å². The number of amides is 1. The zero-order chi connectivity index (χ0) is 30.6. The minimum atomic E-state index is -0.138. The number of aliphatic hydroxyl groups excluding tert-OH is 1. The van der Waals surface area contributed by atoms with Crippen molar-refractivity contribution >= 4 is 22.6 Å². The highest BCUT2D eigenvalue weighted by molar-refractivity contribution is 6.00. The van der Waals surface area contributed by atoms with E-state index < -0.39 is 0 Å². The molecule has 9 nitrogen and oxygen atoms in total. The number of rotatable bonds is 5. The van der Waals surface area contributed by atoms with Gasteiger partial charge in [0.2, 0.25) is 5.91 Å². The molecule has 3 aromatic rings. The Balaban J connectivity index is 1.32. The van der Waals surface area contributed by atoms with Crippen LogP contribution in [0, 0.1) is 29.1 Å². The van der Waals surface area contributed by atoms with Crippen LogP contribution in [0.2, 0.25) is 0 Å². The van der Waals surface area contributed by atoms with Crippen molar-refractivity contribution < 1.29 is 14.6 Å². The minimum absolute atomic E-state index is 0.00350. The Labute approximate surface area is 259 Å². The highest BCUT2D eigenvalue weighted by atomic mass is 16.5. The quantitative estimate of drug-likeness (QED) is 0.411. The molecular formula is C35H42N6O3. The van der Waals surface area contributed by atoms with Crippen molar-refractivity contribution in [1.82, 2.24) is 19.7 Å². The summed E-state index contributed by atoms with van der Waals surface area (Å²) in [5.74, 6) is 0.722. The number of aromatic nitrogens is 3. The van der Waals surface area contributed by atoms with Gasteiger partial charge in [-0.25, -0.2) is 9.67 Å². The normalized spacial score (nSPS) is 22.4. The average molecular weight is 595 g/mol. The first-order valence-electron chi connectivity index (χ1n) is 16.1. The third-order valence-electron chi connectivity index (χ3n) is 10.3. The molecule has 0 saturated carbocycles. The third kappa shape index (κ3) is 4.89. The number of aryl methyl sites for hydroxylation is 1. The predicted molar refractivity (Wildman–Crippen MR) is 169 cm³/mol. The fraction of sp³-hybridized carbons (Fsp3) is 0.543. The van der Waals surface area contributed by atoms with Crippen molar-refractivity contribution in [3.05, 3.63) is 52.9 Å². The van der Waals surface area contributed by atoms with Gasteiger partial charge >= 0.3 is 0 Å². The Morgan fingerprint density at radius 3 is 2.80 bits per heavy atom. The number of likely N-dealkylation sites (tertiary alicyclic amines) is 1. The van der Waals surface area contributed by atoms with Crippen molar-refractivity contribution in [2.45, 2.75) is 71.9 Å². The zero-order valence-electron chi connectivity index (χ0n) is 26.1. The molecule has 3 saturated heterocycles. The highest BCUT2D eigenvalue weighted by Crippen LogP contribution is 2.48. The lowest BCUT2D eigenvalue weighted by molar-refractivity contribution is -0.136. The summed E-state index contributed by atoms with van der Waals surface area (Å²) in [7, 11) is 0. The Kier molecular flexibility index (Phi) is 7.25. The van der Waals surface area contributed by atoms with Gasteiger partial charge in [0.25, 0.3) is 0 Å². The first-order chi connectivity index (χ1) is 21.2. The first kappa shape index (κ1) is 29.0. The van der Waals surface area contributed by atoms with Crippen molar-refractivity contribution in [1.29, 1.82) is 5.26 Å². The van der Waals surface area contributed by atoms with E-state index in [4.69, 9.17) is 19.9 Å². The van der Waals surface area contributed by atoms with Crippen LogP contribution < -0.4 is 4.90 Å². The van der Waals surface area contributed by atoms with Crippen LogP contribution in [0.4, 0.5) is 5.82 Å². The van der Waals surface area contributed by atoms with Crippen LogP contribution in [0.1, 0.15) is 74.6 Å². The topological polar surface area (TPSA) is 108 Å². The van der Waals surface area contributed by atoms with Gasteiger partial charge in [0, 0.05) is 60.9 Å². The molecule has 44 heavy (non-hydrogen) atoms. The smallest absolute Gasteiger partial charge is 0.246 e. The van der Waals surface area contributed by atoms with Gasteiger partial charge in [-0.05, 0) is 80.0 Å². The number of fused-ring (bicyclic) bond motifs is 2. The van der Waals surface area contributed by atoms with Gasteiger partial charge < -0.3 is 19.6 Å². The van der Waals surface area contributed by atoms with Gasteiger partial charge in [-0.2, -0.15) is 10.4 Å². The maximum absolute atomic E-state index is 12.5. The van der Waals surface area contributed by atoms with Crippen LogP contribution in [0.3, 0.4) is 0 Å². The van der Waals surface area contributed by atoms with Gasteiger partial charge in [-0.1, -0.05) is 26.0 Å². The minimum Gasteiger partial charge on any atom is -0.392 e. The molecular weight excluding hydrogens is 552 g/mol. The molecule has 4 aliphatic rings. The molecule has 3 fully saturated rings. The standard InChI is InChI=1S/C35H42N6O3/c1-23-9-10-28-26(19-37-41(28)30-8-4-5-16-44-30)31(23)32-24-11-12-34(2,3)17-27(24)38-33(25(32)18-36)39-14-13-35(20-39)21-40(22-35)29(43)7-6-15-42/h6-7,9-10,19,30,42H,4-5,8,11-17,20-22H2,1-3H3/b7-6+. The maximum atomic E-state index is 12.5. The Morgan fingerprint density at radius 2 is 2.05 bits per heavy atom. The van der Waals surface area contributed by atoms with Crippen LogP contribution in [0.25, 0.3) is 22.0 Å². The summed E-state index contributed by atoms with van der Waals surface area (Å²) in [6, 6.07) is 6.94. The van der Waals surface area contributed by atoms with E-state index in [9.17, 15) is 10.1 Å². The Bertz CT molecular complexity index is 1690. The number of nitriles is 1. The highest BCUT2D eigenvalue weighted by Gasteiger charge is 2.50. The molecule has 1 aromatic carbocycles. The second-order valence-corrected chi connectivity index (χ2v) is 14.1. The second-order valence-electron chi connectivity index (χ2n) is 14.1. The number of carbonyl (C=O) groups excluding carboxylic acids is 1. The lowest BCUT2D eigenvalue weighted by Crippen LogP contribution is -2.59. The molecule has 1 spiro atoms. The zero-order valence-corrected chi connectivity index (χ0v) is 26.1. The monoisotopic (exact) mass is 594 g/mol. The number of hydrogen-bond acceptors (Lipinski definition) is 7. The van der Waals surface area contributed by atoms with Crippen molar-refractivity contribution in [3.8, 4) is 17.2 Å². The molecule has 7 rings (SSSR count). The largest absolute Gasteiger partial charge is 0.392 e. The molecule has 2 aromatic heterocycles. The van der Waals surface area contributed by atoms with Crippen LogP contribution in [0.5, 0.6) is 0 Å². The molecule has 230 valence electrons. The average Bonchev–Trinajstić information content (AvgIpc) is 3.64. The van der Waals surface area contributed by atoms with Crippen LogP contribution in [0.15, 0.2) is 30.5 Å². The summed E-state index contributed by atoms with van der Waals surface area (Å²) in [6.07, 6.45) is 11.8. The number of benzene rings is 1. The molecule has 1 N–H and O–H groups in total. The molecule has 1 atom stereocenters. The lowest BCUT2D eigenvalue weighted by Gasteiger charge is -2.47. The molecule has 3 aliphatic heterocycles. The fourth-order valence-electron chi connectivity index (χ4n) is 7.95. The van der Waals surface area contributed by atoms with Crippen LogP contribution in [-0.4, -0.2) is 70.1 Å². The number of ether oxygens (including phenoxy) is 1. The van der Waals surface area contributed by atoms with E-state index in [1.165, 1.54) is 17.7 Å². The van der Waals surface area contributed by atoms with E-state index >= 15 is 0 Å². The van der Waals surface area contributed by atoms with E-state index in [2.05, 4.69) is 43.9 Å². The number of anilines is 1. The molecule has 1 amide bonds. The summed E-state index contributed by atoms with van der Waals surface area (Å²) in [5.41, 5.74) is 7.37. The summed E-state index contributed by atoms with van der Waals surface area (Å²) in [5, 5.41) is 25.8. The number of hydrogen-bond donors (Lipinski definition) is 1. The van der Waals surface area contributed by atoms with E-state index in [0.29, 0.717) is 18.7 Å². The summed E-state index contributed by atoms with van der Waals surface area (Å²) < 4.78 is 8.15. The summed E-state index contributed by atoms with van der Waals surface area (Å²) in [4.78, 5) is 21.9. The fourth-order valence-corrected chi connectivity index (χ4v) is 7.95. The summed E-state index contributed by atoms with van der Waals surface area (Å²) in [6.45, 7) is 10.3. The molecule has 1 unspecified atom stereocenters. The maximum Gasteiger partial charge on any atom is 0.246 e. The first-order valence-corrected chi connectivity index (χ1v) is 16.1. The van der Waals surface area contributed by atoms with Gasteiger partial charge in [0.15, 0.2) is 6.23 Å². The molecule has 0 bridgehead atoms. The predicted octanol–water partition coefficient (Wildman–Crippen LogP) is 5.08. The van der Waals surface area contributed by atoms with E-state index in [1.807, 2.05) is 15.8 Å². The number of aliphatic hydroxyl groups is 1. The Hall–Kier alpha value is -3.74. The number of carbonyl (C=O) groups is 1. The van der Waals surface area contributed by atoms with Crippen LogP contribution >= 0.6 is 0 Å². The van der Waals surface area contributed by atoms with Gasteiger partial charge in [-0.15, -0.1) is 0 Å². The van der Waals surface area contributed by atoms with Crippen molar-refractivity contribution in [2.75, 3.05) is 44.3 Å². The van der Waals surface area contributed by atoms with Gasteiger partial charge in [0.05, 0.1) is 18.3 Å². The molecule has 5 heterocycles. The van der Waals surface area contributed by atoms with Crippen molar-refractivity contribution in [3.63, 3.8) is 0 Å². The summed E-state index contributed by atoms with van der Waals surface area (Å²) >= 11 is 0. The second kappa shape index (κ2) is 11.0. The van der Waals surface area contributed by atoms with E-state index in [-0.39, 0.29) is 29.6 Å². The number of nitrogens with zero attached hydrogens (tertiary/aromatic N) is 6.